The zero-order valence-corrected chi connectivity index (χ0v) is 17.3. The summed E-state index contributed by atoms with van der Waals surface area (Å²) in [4.78, 5) is 24.8. The number of hydrogen-bond acceptors (Lipinski definition) is 5. The van der Waals surface area contributed by atoms with E-state index in [-0.39, 0.29) is 24.4 Å². The lowest BCUT2D eigenvalue weighted by atomic mass is 10.1. The van der Waals surface area contributed by atoms with E-state index >= 15 is 0 Å². The fourth-order valence-electron chi connectivity index (χ4n) is 2.96. The monoisotopic (exact) mass is 423 g/mol. The Balaban J connectivity index is 1.71. The van der Waals surface area contributed by atoms with Gasteiger partial charge in [0.25, 0.3) is 11.8 Å². The Hall–Kier alpha value is -3.32. The quantitative estimate of drug-likeness (QED) is 0.371. The third-order valence-corrected chi connectivity index (χ3v) is 6.45. The molecule has 0 bridgehead atoms. The van der Waals surface area contributed by atoms with E-state index in [4.69, 9.17) is 0 Å². The highest BCUT2D eigenvalue weighted by Crippen LogP contribution is 2.22. The van der Waals surface area contributed by atoms with Crippen LogP contribution in [0.3, 0.4) is 0 Å². The van der Waals surface area contributed by atoms with Gasteiger partial charge in [0.1, 0.15) is 0 Å². The number of fused-ring (bicyclic) bond motifs is 1. The van der Waals surface area contributed by atoms with Crippen molar-refractivity contribution in [2.45, 2.75) is 18.2 Å². The number of hydrogen-bond donors (Lipinski definition) is 0. The lowest BCUT2D eigenvalue weighted by Crippen LogP contribution is -2.32. The number of sulfonamides is 1. The van der Waals surface area contributed by atoms with Crippen molar-refractivity contribution >= 4 is 28.1 Å². The number of hydrazone groups is 1. The average Bonchev–Trinajstić information content (AvgIpc) is 2.98. The SMILES string of the molecule is C=C=CCN(CC/C=N/N1C(=O)c2ccccc2C1=O)S(=O)(=O)c1ccc(C)cc1. The molecule has 0 spiro atoms. The van der Waals surface area contributed by atoms with E-state index in [9.17, 15) is 18.0 Å². The molecule has 3 rings (SSSR count). The van der Waals surface area contributed by atoms with Gasteiger partial charge in [0, 0.05) is 19.3 Å². The van der Waals surface area contributed by atoms with Crippen LogP contribution in [0, 0.1) is 6.92 Å². The predicted octanol–water partition coefficient (Wildman–Crippen LogP) is 3.00. The van der Waals surface area contributed by atoms with Crippen molar-refractivity contribution in [1.82, 2.24) is 9.31 Å². The Kier molecular flexibility index (Phi) is 6.42. The smallest absolute Gasteiger partial charge is 0.267 e. The van der Waals surface area contributed by atoms with Gasteiger partial charge in [-0.1, -0.05) is 36.4 Å². The highest BCUT2D eigenvalue weighted by Gasteiger charge is 2.35. The molecule has 0 saturated carbocycles. The fraction of sp³-hybridized carbons (Fsp3) is 0.182. The number of rotatable bonds is 8. The normalized spacial score (nSPS) is 13.7. The van der Waals surface area contributed by atoms with Crippen molar-refractivity contribution in [2.24, 2.45) is 5.10 Å². The highest BCUT2D eigenvalue weighted by atomic mass is 32.2. The molecule has 1 heterocycles. The lowest BCUT2D eigenvalue weighted by Gasteiger charge is -2.20. The second kappa shape index (κ2) is 9.00. The fourth-order valence-corrected chi connectivity index (χ4v) is 4.35. The summed E-state index contributed by atoms with van der Waals surface area (Å²) in [7, 11) is -3.73. The number of carbonyl (C=O) groups excluding carboxylic acids is 2. The molecule has 0 aromatic heterocycles. The van der Waals surface area contributed by atoms with E-state index in [1.54, 1.807) is 48.5 Å². The van der Waals surface area contributed by atoms with Crippen molar-refractivity contribution in [3.05, 3.63) is 83.6 Å². The Morgan fingerprint density at radius 2 is 1.67 bits per heavy atom. The molecule has 2 amide bonds. The first-order valence-corrected chi connectivity index (χ1v) is 10.7. The molecule has 0 radical (unpaired) electrons. The van der Waals surface area contributed by atoms with Gasteiger partial charge in [-0.3, -0.25) is 9.59 Å². The summed E-state index contributed by atoms with van der Waals surface area (Å²) in [6.07, 6.45) is 3.10. The van der Waals surface area contributed by atoms with Gasteiger partial charge in [-0.05, 0) is 43.7 Å². The summed E-state index contributed by atoms with van der Waals surface area (Å²) in [5.74, 6) is -0.990. The molecule has 1 aliphatic rings. The first kappa shape index (κ1) is 21.4. The van der Waals surface area contributed by atoms with Crippen LogP contribution in [-0.4, -0.2) is 48.9 Å². The van der Waals surface area contributed by atoms with Crippen LogP contribution in [-0.2, 0) is 10.0 Å². The number of nitrogens with zero attached hydrogens (tertiary/aromatic N) is 3. The number of amides is 2. The van der Waals surface area contributed by atoms with Gasteiger partial charge in [-0.25, -0.2) is 8.42 Å². The number of imide groups is 1. The molecule has 0 saturated heterocycles. The van der Waals surface area contributed by atoms with E-state index < -0.39 is 21.8 Å². The largest absolute Gasteiger partial charge is 0.282 e. The molecule has 1 aliphatic heterocycles. The molecule has 2 aromatic carbocycles. The van der Waals surface area contributed by atoms with E-state index in [0.717, 1.165) is 10.6 Å². The first-order valence-electron chi connectivity index (χ1n) is 9.27. The summed E-state index contributed by atoms with van der Waals surface area (Å²) in [5.41, 5.74) is 4.14. The number of carbonyl (C=O) groups is 2. The minimum atomic E-state index is -3.73. The zero-order chi connectivity index (χ0) is 21.7. The summed E-state index contributed by atoms with van der Waals surface area (Å²) in [6, 6.07) is 13.1. The van der Waals surface area contributed by atoms with Gasteiger partial charge in [0.15, 0.2) is 0 Å². The van der Waals surface area contributed by atoms with Gasteiger partial charge in [0.2, 0.25) is 10.0 Å². The van der Waals surface area contributed by atoms with Crippen LogP contribution in [0.15, 0.2) is 76.9 Å². The zero-order valence-electron chi connectivity index (χ0n) is 16.5. The van der Waals surface area contributed by atoms with E-state index in [1.807, 2.05) is 6.92 Å². The highest BCUT2D eigenvalue weighted by molar-refractivity contribution is 7.89. The molecule has 0 N–H and O–H groups in total. The van der Waals surface area contributed by atoms with Crippen LogP contribution in [0.4, 0.5) is 0 Å². The maximum Gasteiger partial charge on any atom is 0.282 e. The van der Waals surface area contributed by atoms with E-state index in [0.29, 0.717) is 11.1 Å². The van der Waals surface area contributed by atoms with E-state index in [2.05, 4.69) is 17.4 Å². The molecule has 0 atom stereocenters. The molecule has 2 aromatic rings. The number of benzene rings is 2. The minimum Gasteiger partial charge on any atom is -0.267 e. The van der Waals surface area contributed by atoms with Gasteiger partial charge >= 0.3 is 0 Å². The molecule has 154 valence electrons. The molecule has 0 unspecified atom stereocenters. The molecular weight excluding hydrogens is 402 g/mol. The second-order valence-corrected chi connectivity index (χ2v) is 8.58. The van der Waals surface area contributed by atoms with Crippen molar-refractivity contribution in [3.8, 4) is 0 Å². The minimum absolute atomic E-state index is 0.0978. The summed E-state index contributed by atoms with van der Waals surface area (Å²) >= 11 is 0. The first-order chi connectivity index (χ1) is 14.4. The van der Waals surface area contributed by atoms with Crippen LogP contribution in [0.25, 0.3) is 0 Å². The molecule has 8 heteroatoms. The third kappa shape index (κ3) is 4.31. The summed E-state index contributed by atoms with van der Waals surface area (Å²) in [5, 5.41) is 4.77. The van der Waals surface area contributed by atoms with Crippen molar-refractivity contribution in [2.75, 3.05) is 13.1 Å². The van der Waals surface area contributed by atoms with Gasteiger partial charge < -0.3 is 0 Å². The standard InChI is InChI=1S/C22H21N3O4S/c1-3-4-15-24(30(28,29)18-12-10-17(2)11-13-18)16-7-14-23-25-21(26)19-8-5-6-9-20(19)22(25)27/h4-6,8-14H,1,7,15-16H2,2H3/b23-14+. The molecular formula is C22H21N3O4S. The van der Waals surface area contributed by atoms with Crippen LogP contribution in [0.1, 0.15) is 32.7 Å². The third-order valence-electron chi connectivity index (χ3n) is 4.58. The van der Waals surface area contributed by atoms with Gasteiger partial charge in [-0.15, -0.1) is 5.73 Å². The lowest BCUT2D eigenvalue weighted by molar-refractivity contribution is 0.0659. The molecule has 30 heavy (non-hydrogen) atoms. The molecule has 0 fully saturated rings. The van der Waals surface area contributed by atoms with Crippen molar-refractivity contribution in [3.63, 3.8) is 0 Å². The number of aryl methyl sites for hydroxylation is 1. The predicted molar refractivity (Wildman–Crippen MR) is 114 cm³/mol. The van der Waals surface area contributed by atoms with Gasteiger partial charge in [0.05, 0.1) is 16.0 Å². The molecule has 0 aliphatic carbocycles. The van der Waals surface area contributed by atoms with Crippen LogP contribution in [0.5, 0.6) is 0 Å². The Morgan fingerprint density at radius 1 is 1.07 bits per heavy atom. The average molecular weight is 423 g/mol. The van der Waals surface area contributed by atoms with Crippen molar-refractivity contribution < 1.29 is 18.0 Å². The Bertz CT molecular complexity index is 1110. The molecule has 7 nitrogen and oxygen atoms in total. The van der Waals surface area contributed by atoms with Crippen molar-refractivity contribution in [1.29, 1.82) is 0 Å². The maximum absolute atomic E-state index is 12.9. The maximum atomic E-state index is 12.9. The van der Waals surface area contributed by atoms with E-state index in [1.165, 1.54) is 16.6 Å². The van der Waals surface area contributed by atoms with Crippen LogP contribution in [0.2, 0.25) is 0 Å². The topological polar surface area (TPSA) is 87.1 Å². The second-order valence-electron chi connectivity index (χ2n) is 6.64. The van der Waals surface area contributed by atoms with Gasteiger partial charge in [-0.2, -0.15) is 14.4 Å². The Labute approximate surface area is 175 Å². The van der Waals surface area contributed by atoms with Crippen LogP contribution >= 0.6 is 0 Å². The Morgan fingerprint density at radius 3 is 2.23 bits per heavy atom. The summed E-state index contributed by atoms with van der Waals surface area (Å²) < 4.78 is 27.2. The summed E-state index contributed by atoms with van der Waals surface area (Å²) in [6.45, 7) is 5.56. The van der Waals surface area contributed by atoms with Crippen LogP contribution < -0.4 is 0 Å².